The van der Waals surface area contributed by atoms with Gasteiger partial charge in [0.25, 0.3) is 0 Å². The van der Waals surface area contributed by atoms with E-state index in [0.717, 1.165) is 17.7 Å². The summed E-state index contributed by atoms with van der Waals surface area (Å²) in [6.07, 6.45) is -3.95. The Hall–Kier alpha value is -1.82. The van der Waals surface area contributed by atoms with Gasteiger partial charge >= 0.3 is 6.18 Å². The Kier molecular flexibility index (Phi) is 11.3. The number of hydrogen-bond acceptors (Lipinski definition) is 3. The Bertz CT molecular complexity index is 919. The quantitative estimate of drug-likeness (QED) is 0.204. The van der Waals surface area contributed by atoms with Crippen LogP contribution in [0, 0.1) is 0 Å². The molecule has 0 saturated carbocycles. The van der Waals surface area contributed by atoms with Crippen molar-refractivity contribution in [3.63, 3.8) is 0 Å². The monoisotopic (exact) mass is 569 g/mol. The first-order valence-electron chi connectivity index (χ1n) is 9.62. The molecule has 10 heteroatoms. The third kappa shape index (κ3) is 10.4. The normalized spacial score (nSPS) is 12.2. The first-order chi connectivity index (χ1) is 14.2. The van der Waals surface area contributed by atoms with Crippen LogP contribution in [-0.2, 0) is 28.3 Å². The molecule has 0 aliphatic rings. The fourth-order valence-corrected chi connectivity index (χ4v) is 4.14. The second-order valence-corrected chi connectivity index (χ2v) is 8.93. The zero-order valence-electron chi connectivity index (χ0n) is 17.2. The van der Waals surface area contributed by atoms with Gasteiger partial charge in [-0.2, -0.15) is 13.2 Å². The highest BCUT2D eigenvalue weighted by molar-refractivity contribution is 14.0. The summed E-state index contributed by atoms with van der Waals surface area (Å²) in [7, 11) is -3.21. The van der Waals surface area contributed by atoms with Crippen molar-refractivity contribution >= 4 is 39.8 Å². The van der Waals surface area contributed by atoms with Crippen LogP contribution in [0.1, 0.15) is 30.0 Å². The van der Waals surface area contributed by atoms with Gasteiger partial charge in [0.05, 0.1) is 23.6 Å². The van der Waals surface area contributed by atoms with E-state index in [9.17, 15) is 21.6 Å². The molecule has 0 saturated heterocycles. The van der Waals surface area contributed by atoms with Gasteiger partial charge < -0.3 is 10.6 Å². The van der Waals surface area contributed by atoms with Gasteiger partial charge in [-0.05, 0) is 36.6 Å². The van der Waals surface area contributed by atoms with Gasteiger partial charge in [-0.25, -0.2) is 13.4 Å². The van der Waals surface area contributed by atoms with Gasteiger partial charge in [0.15, 0.2) is 15.8 Å². The molecule has 31 heavy (non-hydrogen) atoms. The second kappa shape index (κ2) is 12.9. The van der Waals surface area contributed by atoms with E-state index in [1.165, 1.54) is 12.1 Å². The molecular formula is C21H27F3IN3O2S. The second-order valence-electron chi connectivity index (χ2n) is 6.75. The van der Waals surface area contributed by atoms with Crippen LogP contribution in [0.2, 0.25) is 0 Å². The number of nitrogens with one attached hydrogen (secondary N) is 2. The Morgan fingerprint density at radius 1 is 0.968 bits per heavy atom. The molecule has 0 unspecified atom stereocenters. The van der Waals surface area contributed by atoms with Crippen molar-refractivity contribution in [2.45, 2.75) is 31.8 Å². The number of guanidine groups is 1. The van der Waals surface area contributed by atoms with E-state index >= 15 is 0 Å². The molecule has 0 atom stereocenters. The van der Waals surface area contributed by atoms with E-state index in [1.807, 2.05) is 25.1 Å². The summed E-state index contributed by atoms with van der Waals surface area (Å²) in [5.41, 5.74) is 0.708. The zero-order chi connectivity index (χ0) is 22.0. The predicted molar refractivity (Wildman–Crippen MR) is 128 cm³/mol. The number of aliphatic imine (C=N–C) groups is 1. The number of hydrogen-bond donors (Lipinski definition) is 2. The van der Waals surface area contributed by atoms with Crippen LogP contribution in [0.5, 0.6) is 0 Å². The van der Waals surface area contributed by atoms with E-state index in [1.54, 1.807) is 12.1 Å². The lowest BCUT2D eigenvalue weighted by atomic mass is 10.1. The first kappa shape index (κ1) is 27.2. The van der Waals surface area contributed by atoms with Crippen LogP contribution < -0.4 is 10.6 Å². The molecule has 0 fully saturated rings. The minimum atomic E-state index is -4.36. The summed E-state index contributed by atoms with van der Waals surface area (Å²) in [6, 6.07) is 13.9. The van der Waals surface area contributed by atoms with Gasteiger partial charge in [0, 0.05) is 13.1 Å². The maximum absolute atomic E-state index is 12.6. The van der Waals surface area contributed by atoms with E-state index in [4.69, 9.17) is 0 Å². The molecule has 0 aromatic heterocycles. The highest BCUT2D eigenvalue weighted by Gasteiger charge is 2.29. The Morgan fingerprint density at radius 2 is 1.61 bits per heavy atom. The number of rotatable bonds is 9. The number of halogens is 4. The predicted octanol–water partition coefficient (Wildman–Crippen LogP) is 4.38. The molecule has 2 N–H and O–H groups in total. The van der Waals surface area contributed by atoms with E-state index in [-0.39, 0.29) is 42.0 Å². The molecule has 0 radical (unpaired) electrons. The molecule has 0 bridgehead atoms. The molecule has 2 rings (SSSR count). The largest absolute Gasteiger partial charge is 0.416 e. The molecular weight excluding hydrogens is 542 g/mol. The molecule has 2 aromatic rings. The van der Waals surface area contributed by atoms with Gasteiger partial charge in [-0.1, -0.05) is 42.5 Å². The van der Waals surface area contributed by atoms with Crippen molar-refractivity contribution in [2.24, 2.45) is 4.99 Å². The molecule has 0 aliphatic carbocycles. The molecule has 0 aliphatic heterocycles. The summed E-state index contributed by atoms with van der Waals surface area (Å²) in [5.74, 6) is 0.543. The van der Waals surface area contributed by atoms with Crippen LogP contribution in [0.15, 0.2) is 59.6 Å². The van der Waals surface area contributed by atoms with Crippen LogP contribution in [0.3, 0.4) is 0 Å². The Morgan fingerprint density at radius 3 is 2.19 bits per heavy atom. The average molecular weight is 569 g/mol. The lowest BCUT2D eigenvalue weighted by Crippen LogP contribution is -2.38. The lowest BCUT2D eigenvalue weighted by Gasteiger charge is -2.12. The van der Waals surface area contributed by atoms with E-state index < -0.39 is 21.6 Å². The molecule has 172 valence electrons. The first-order valence-corrected chi connectivity index (χ1v) is 11.4. The number of alkyl halides is 3. The fraction of sp³-hybridized carbons (Fsp3) is 0.381. The topological polar surface area (TPSA) is 70.6 Å². The molecule has 5 nitrogen and oxygen atoms in total. The minimum Gasteiger partial charge on any atom is -0.357 e. The van der Waals surface area contributed by atoms with Gasteiger partial charge in [-0.15, -0.1) is 24.0 Å². The van der Waals surface area contributed by atoms with Gasteiger partial charge in [0.2, 0.25) is 0 Å². The summed E-state index contributed by atoms with van der Waals surface area (Å²) in [4.78, 5) is 4.34. The highest BCUT2D eigenvalue weighted by Crippen LogP contribution is 2.29. The number of benzene rings is 2. The standard InChI is InChI=1S/C21H26F3N3O2S.HI/c1-2-25-20(27-15-17-9-11-19(12-10-17)21(22,23)24)26-13-6-14-30(28,29)16-18-7-4-3-5-8-18;/h3-5,7-12H,2,6,13-16H2,1H3,(H2,25,26,27);1H. The summed E-state index contributed by atoms with van der Waals surface area (Å²) >= 11 is 0. The van der Waals surface area contributed by atoms with Crippen molar-refractivity contribution in [3.8, 4) is 0 Å². The van der Waals surface area contributed by atoms with Crippen LogP contribution in [0.4, 0.5) is 13.2 Å². The van der Waals surface area contributed by atoms with Crippen molar-refractivity contribution in [3.05, 3.63) is 71.3 Å². The molecule has 0 spiro atoms. The third-order valence-corrected chi connectivity index (χ3v) is 5.88. The van der Waals surface area contributed by atoms with Crippen LogP contribution in [-0.4, -0.2) is 33.2 Å². The minimum absolute atomic E-state index is 0. The average Bonchev–Trinajstić information content (AvgIpc) is 2.69. The maximum Gasteiger partial charge on any atom is 0.416 e. The number of nitrogens with zero attached hydrogens (tertiary/aromatic N) is 1. The van der Waals surface area contributed by atoms with Crippen molar-refractivity contribution in [1.29, 1.82) is 0 Å². The highest BCUT2D eigenvalue weighted by atomic mass is 127. The summed E-state index contributed by atoms with van der Waals surface area (Å²) < 4.78 is 62.3. The fourth-order valence-electron chi connectivity index (χ4n) is 2.71. The lowest BCUT2D eigenvalue weighted by molar-refractivity contribution is -0.137. The van der Waals surface area contributed by atoms with Crippen LogP contribution in [0.25, 0.3) is 0 Å². The Balaban J connectivity index is 0.00000480. The smallest absolute Gasteiger partial charge is 0.357 e. The zero-order valence-corrected chi connectivity index (χ0v) is 20.3. The van der Waals surface area contributed by atoms with Gasteiger partial charge in [0.1, 0.15) is 0 Å². The van der Waals surface area contributed by atoms with Crippen LogP contribution >= 0.6 is 24.0 Å². The van der Waals surface area contributed by atoms with Gasteiger partial charge in [-0.3, -0.25) is 0 Å². The molecule has 2 aromatic carbocycles. The third-order valence-electron chi connectivity index (χ3n) is 4.20. The number of sulfone groups is 1. The van der Waals surface area contributed by atoms with Crippen molar-refractivity contribution in [1.82, 2.24) is 10.6 Å². The SMILES string of the molecule is CCNC(=NCc1ccc(C(F)(F)F)cc1)NCCCS(=O)(=O)Cc1ccccc1.I. The molecule has 0 heterocycles. The summed E-state index contributed by atoms with van der Waals surface area (Å²) in [6.45, 7) is 3.11. The summed E-state index contributed by atoms with van der Waals surface area (Å²) in [5, 5.41) is 6.09. The van der Waals surface area contributed by atoms with Crippen molar-refractivity contribution < 1.29 is 21.6 Å². The Labute approximate surface area is 198 Å². The van der Waals surface area contributed by atoms with E-state index in [0.29, 0.717) is 31.0 Å². The maximum atomic E-state index is 12.6. The molecule has 0 amide bonds. The van der Waals surface area contributed by atoms with Crippen molar-refractivity contribution in [2.75, 3.05) is 18.8 Å². The van der Waals surface area contributed by atoms with E-state index in [2.05, 4.69) is 15.6 Å².